The Bertz CT molecular complexity index is 1140. The summed E-state index contributed by atoms with van der Waals surface area (Å²) in [7, 11) is 0. The van der Waals surface area contributed by atoms with E-state index < -0.39 is 29.0 Å². The Morgan fingerprint density at radius 1 is 1.25 bits per heavy atom. The third-order valence-corrected chi connectivity index (χ3v) is 4.26. The van der Waals surface area contributed by atoms with Crippen LogP contribution in [-0.4, -0.2) is 28.1 Å². The number of halogens is 1. The SMILES string of the molecule is CCn1c(=O)[nH]c2cc(C(=O)NC(C)COc3ccccc3F)ccc2c1=O. The molecule has 0 aliphatic carbocycles. The number of para-hydroxylation sites is 1. The summed E-state index contributed by atoms with van der Waals surface area (Å²) in [5.74, 6) is -0.761. The Kier molecular flexibility index (Phi) is 5.58. The smallest absolute Gasteiger partial charge is 0.328 e. The Morgan fingerprint density at radius 2 is 2.00 bits per heavy atom. The van der Waals surface area contributed by atoms with Gasteiger partial charge in [-0.15, -0.1) is 0 Å². The van der Waals surface area contributed by atoms with Gasteiger partial charge >= 0.3 is 5.69 Å². The fourth-order valence-electron chi connectivity index (χ4n) is 2.81. The van der Waals surface area contributed by atoms with E-state index in [1.165, 1.54) is 30.3 Å². The van der Waals surface area contributed by atoms with E-state index >= 15 is 0 Å². The molecule has 0 saturated heterocycles. The summed E-state index contributed by atoms with van der Waals surface area (Å²) in [4.78, 5) is 39.3. The molecule has 0 bridgehead atoms. The zero-order chi connectivity index (χ0) is 20.3. The van der Waals surface area contributed by atoms with Gasteiger partial charge in [-0.25, -0.2) is 9.18 Å². The standard InChI is InChI=1S/C20H20FN3O4/c1-3-24-19(26)14-9-8-13(10-16(14)23-20(24)27)18(25)22-12(2)11-28-17-7-5-4-6-15(17)21/h4-10,12H,3,11H2,1-2H3,(H,22,25)(H,23,27). The van der Waals surface area contributed by atoms with Crippen LogP contribution in [0, 0.1) is 5.82 Å². The molecule has 1 unspecified atom stereocenters. The van der Waals surface area contributed by atoms with Crippen LogP contribution in [0.4, 0.5) is 4.39 Å². The lowest BCUT2D eigenvalue weighted by molar-refractivity contribution is 0.0926. The summed E-state index contributed by atoms with van der Waals surface area (Å²) in [6.07, 6.45) is 0. The average Bonchev–Trinajstić information content (AvgIpc) is 2.67. The van der Waals surface area contributed by atoms with Crippen molar-refractivity contribution in [3.8, 4) is 5.75 Å². The van der Waals surface area contributed by atoms with Gasteiger partial charge in [-0.3, -0.25) is 14.2 Å². The number of amides is 1. The molecule has 0 saturated carbocycles. The highest BCUT2D eigenvalue weighted by molar-refractivity contribution is 5.97. The molecule has 8 heteroatoms. The molecule has 3 rings (SSSR count). The molecule has 2 aromatic carbocycles. The Balaban J connectivity index is 1.73. The van der Waals surface area contributed by atoms with Crippen molar-refractivity contribution >= 4 is 16.8 Å². The molecule has 1 atom stereocenters. The summed E-state index contributed by atoms with van der Waals surface area (Å²) >= 11 is 0. The first-order chi connectivity index (χ1) is 13.4. The van der Waals surface area contributed by atoms with E-state index in [2.05, 4.69) is 10.3 Å². The summed E-state index contributed by atoms with van der Waals surface area (Å²) < 4.78 is 20.0. The normalized spacial score (nSPS) is 12.0. The van der Waals surface area contributed by atoms with E-state index in [9.17, 15) is 18.8 Å². The van der Waals surface area contributed by atoms with Crippen molar-refractivity contribution in [1.82, 2.24) is 14.9 Å². The quantitative estimate of drug-likeness (QED) is 0.679. The first-order valence-electron chi connectivity index (χ1n) is 8.85. The number of aromatic amines is 1. The molecule has 7 nitrogen and oxygen atoms in total. The second-order valence-corrected chi connectivity index (χ2v) is 6.36. The lowest BCUT2D eigenvalue weighted by Gasteiger charge is -2.15. The molecular formula is C20H20FN3O4. The van der Waals surface area contributed by atoms with Gasteiger partial charge in [0.1, 0.15) is 6.61 Å². The summed E-state index contributed by atoms with van der Waals surface area (Å²) in [6, 6.07) is 10.1. The Labute approximate surface area is 159 Å². The molecule has 0 aliphatic rings. The maximum absolute atomic E-state index is 13.6. The third kappa shape index (κ3) is 3.95. The van der Waals surface area contributed by atoms with Gasteiger partial charge in [-0.2, -0.15) is 0 Å². The summed E-state index contributed by atoms with van der Waals surface area (Å²) in [5, 5.41) is 3.07. The van der Waals surface area contributed by atoms with Gasteiger partial charge in [-0.05, 0) is 44.2 Å². The monoisotopic (exact) mass is 385 g/mol. The number of nitrogens with zero attached hydrogens (tertiary/aromatic N) is 1. The van der Waals surface area contributed by atoms with Crippen molar-refractivity contribution in [2.45, 2.75) is 26.4 Å². The maximum atomic E-state index is 13.6. The number of hydrogen-bond acceptors (Lipinski definition) is 4. The zero-order valence-corrected chi connectivity index (χ0v) is 15.5. The molecular weight excluding hydrogens is 365 g/mol. The number of fused-ring (bicyclic) bond motifs is 1. The number of aromatic nitrogens is 2. The first kappa shape index (κ1) is 19.3. The van der Waals surface area contributed by atoms with Crippen LogP contribution in [-0.2, 0) is 6.54 Å². The minimum Gasteiger partial charge on any atom is -0.488 e. The summed E-state index contributed by atoms with van der Waals surface area (Å²) in [6.45, 7) is 3.76. The van der Waals surface area contributed by atoms with E-state index in [1.54, 1.807) is 26.0 Å². The molecule has 1 amide bonds. The van der Waals surface area contributed by atoms with Crippen molar-refractivity contribution in [3.63, 3.8) is 0 Å². The molecule has 0 aliphatic heterocycles. The molecule has 146 valence electrons. The summed E-state index contributed by atoms with van der Waals surface area (Å²) in [5.41, 5.74) is -0.346. The number of nitrogens with one attached hydrogen (secondary N) is 2. The van der Waals surface area contributed by atoms with Crippen LogP contribution < -0.4 is 21.3 Å². The Morgan fingerprint density at radius 3 is 2.71 bits per heavy atom. The molecule has 1 heterocycles. The number of H-pyrrole nitrogens is 1. The molecule has 3 aromatic rings. The number of hydrogen-bond donors (Lipinski definition) is 2. The van der Waals surface area contributed by atoms with Crippen LogP contribution in [0.5, 0.6) is 5.75 Å². The van der Waals surface area contributed by atoms with Gasteiger partial charge in [0.25, 0.3) is 11.5 Å². The van der Waals surface area contributed by atoms with Gasteiger partial charge < -0.3 is 15.0 Å². The van der Waals surface area contributed by atoms with Crippen molar-refractivity contribution in [1.29, 1.82) is 0 Å². The molecule has 0 spiro atoms. The van der Waals surface area contributed by atoms with Crippen LogP contribution >= 0.6 is 0 Å². The van der Waals surface area contributed by atoms with Gasteiger partial charge in [0, 0.05) is 12.1 Å². The second-order valence-electron chi connectivity index (χ2n) is 6.36. The van der Waals surface area contributed by atoms with Crippen molar-refractivity contribution in [3.05, 3.63) is 74.7 Å². The van der Waals surface area contributed by atoms with Crippen LogP contribution in [0.2, 0.25) is 0 Å². The highest BCUT2D eigenvalue weighted by Gasteiger charge is 2.14. The van der Waals surface area contributed by atoms with Crippen molar-refractivity contribution in [2.75, 3.05) is 6.61 Å². The minimum absolute atomic E-state index is 0.0816. The maximum Gasteiger partial charge on any atom is 0.328 e. The highest BCUT2D eigenvalue weighted by Crippen LogP contribution is 2.15. The number of carbonyl (C=O) groups is 1. The number of carbonyl (C=O) groups excluding carboxylic acids is 1. The topological polar surface area (TPSA) is 93.2 Å². The minimum atomic E-state index is -0.524. The van der Waals surface area contributed by atoms with Crippen LogP contribution in [0.25, 0.3) is 10.9 Å². The van der Waals surface area contributed by atoms with E-state index in [0.717, 1.165) is 4.57 Å². The first-order valence-corrected chi connectivity index (χ1v) is 8.85. The predicted octanol–water partition coefficient (Wildman–Crippen LogP) is 2.05. The zero-order valence-electron chi connectivity index (χ0n) is 15.5. The van der Waals surface area contributed by atoms with E-state index in [4.69, 9.17) is 4.74 Å². The lowest BCUT2D eigenvalue weighted by atomic mass is 10.1. The lowest BCUT2D eigenvalue weighted by Crippen LogP contribution is -2.37. The number of rotatable bonds is 6. The molecule has 0 radical (unpaired) electrons. The fraction of sp³-hybridized carbons (Fsp3) is 0.250. The van der Waals surface area contributed by atoms with Gasteiger partial charge in [0.2, 0.25) is 0 Å². The van der Waals surface area contributed by atoms with E-state index in [1.807, 2.05) is 0 Å². The van der Waals surface area contributed by atoms with Crippen molar-refractivity contribution < 1.29 is 13.9 Å². The molecule has 2 N–H and O–H groups in total. The third-order valence-electron chi connectivity index (χ3n) is 4.26. The van der Waals surface area contributed by atoms with E-state index in [-0.39, 0.29) is 24.5 Å². The predicted molar refractivity (Wildman–Crippen MR) is 103 cm³/mol. The molecule has 28 heavy (non-hydrogen) atoms. The van der Waals surface area contributed by atoms with Crippen molar-refractivity contribution in [2.24, 2.45) is 0 Å². The van der Waals surface area contributed by atoms with Gasteiger partial charge in [0.15, 0.2) is 11.6 Å². The Hall–Kier alpha value is -3.42. The van der Waals surface area contributed by atoms with Crippen LogP contribution in [0.3, 0.4) is 0 Å². The van der Waals surface area contributed by atoms with E-state index in [0.29, 0.717) is 10.9 Å². The largest absolute Gasteiger partial charge is 0.488 e. The number of benzene rings is 2. The number of ether oxygens (including phenoxy) is 1. The van der Waals surface area contributed by atoms with Gasteiger partial charge in [0.05, 0.1) is 16.9 Å². The molecule has 0 fully saturated rings. The molecule has 1 aromatic heterocycles. The van der Waals surface area contributed by atoms with Gasteiger partial charge in [-0.1, -0.05) is 12.1 Å². The average molecular weight is 385 g/mol. The fourth-order valence-corrected chi connectivity index (χ4v) is 2.81. The highest BCUT2D eigenvalue weighted by atomic mass is 19.1. The van der Waals surface area contributed by atoms with Crippen LogP contribution in [0.15, 0.2) is 52.1 Å². The second kappa shape index (κ2) is 8.08. The van der Waals surface area contributed by atoms with Crippen LogP contribution in [0.1, 0.15) is 24.2 Å².